The van der Waals surface area contributed by atoms with E-state index in [0.717, 1.165) is 0 Å². The minimum absolute atomic E-state index is 0.488. The molecule has 5 heteroatoms. The molecule has 1 aromatic heterocycles. The number of alkyl halides is 2. The molecule has 0 aliphatic carbocycles. The van der Waals surface area contributed by atoms with Crippen LogP contribution >= 0.6 is 0 Å². The molecule has 16 heavy (non-hydrogen) atoms. The van der Waals surface area contributed by atoms with Gasteiger partial charge in [0.25, 0.3) is 0 Å². The third-order valence-electron chi connectivity index (χ3n) is 2.13. The number of nitrogens with zero attached hydrogens (tertiary/aromatic N) is 3. The molecule has 1 heterocycles. The summed E-state index contributed by atoms with van der Waals surface area (Å²) in [6.45, 7) is -2.65. The zero-order valence-electron chi connectivity index (χ0n) is 8.14. The van der Waals surface area contributed by atoms with Crippen LogP contribution in [0.25, 0.3) is 11.1 Å². The summed E-state index contributed by atoms with van der Waals surface area (Å²) in [4.78, 5) is 0. The summed E-state index contributed by atoms with van der Waals surface area (Å²) < 4.78 is 25.2. The summed E-state index contributed by atoms with van der Waals surface area (Å²) in [7, 11) is 0. The Morgan fingerprint density at radius 1 is 1.31 bits per heavy atom. The maximum Gasteiger partial charge on any atom is 0.333 e. The Morgan fingerprint density at radius 3 is 2.75 bits per heavy atom. The van der Waals surface area contributed by atoms with Crippen LogP contribution in [0.5, 0.6) is 0 Å². The van der Waals surface area contributed by atoms with Crippen molar-refractivity contribution in [2.45, 2.75) is 6.55 Å². The molecule has 0 N–H and O–H groups in total. The summed E-state index contributed by atoms with van der Waals surface area (Å²) in [5, 5.41) is 12.2. The number of halogens is 2. The fourth-order valence-corrected chi connectivity index (χ4v) is 1.36. The van der Waals surface area contributed by atoms with E-state index in [1.54, 1.807) is 24.3 Å². The van der Waals surface area contributed by atoms with Crippen molar-refractivity contribution in [3.8, 4) is 17.2 Å². The molecule has 0 aliphatic rings. The smallest absolute Gasteiger partial charge is 0.211 e. The first-order chi connectivity index (χ1) is 7.70. The molecule has 0 aliphatic heterocycles. The van der Waals surface area contributed by atoms with Gasteiger partial charge in [0, 0.05) is 11.8 Å². The van der Waals surface area contributed by atoms with Gasteiger partial charge in [0.15, 0.2) is 0 Å². The SMILES string of the molecule is N#Cc1cccc(-c2cnn(C(F)F)c2)c1. The van der Waals surface area contributed by atoms with Crippen molar-refractivity contribution in [2.75, 3.05) is 0 Å². The lowest BCUT2D eigenvalue weighted by atomic mass is 10.1. The minimum atomic E-state index is -2.65. The monoisotopic (exact) mass is 219 g/mol. The normalized spacial score (nSPS) is 10.4. The molecule has 2 aromatic rings. The molecule has 3 nitrogen and oxygen atoms in total. The highest BCUT2D eigenvalue weighted by Gasteiger charge is 2.08. The molecule has 0 saturated heterocycles. The molecule has 0 amide bonds. The van der Waals surface area contributed by atoms with Gasteiger partial charge in [-0.2, -0.15) is 19.1 Å². The van der Waals surface area contributed by atoms with Crippen molar-refractivity contribution in [1.82, 2.24) is 9.78 Å². The van der Waals surface area contributed by atoms with Crippen LogP contribution in [0.1, 0.15) is 12.1 Å². The van der Waals surface area contributed by atoms with Crippen LogP contribution in [-0.4, -0.2) is 9.78 Å². The van der Waals surface area contributed by atoms with Crippen LogP contribution < -0.4 is 0 Å². The lowest BCUT2D eigenvalue weighted by Gasteiger charge is -1.98. The highest BCUT2D eigenvalue weighted by molar-refractivity contribution is 5.63. The second kappa shape index (κ2) is 4.11. The first kappa shape index (κ1) is 10.3. The number of hydrogen-bond donors (Lipinski definition) is 0. The first-order valence-electron chi connectivity index (χ1n) is 4.53. The van der Waals surface area contributed by atoms with Crippen LogP contribution in [0.15, 0.2) is 36.7 Å². The third kappa shape index (κ3) is 1.91. The standard InChI is InChI=1S/C11H7F2N3/c12-11(13)16-7-10(6-15-16)9-3-1-2-8(4-9)5-14/h1-4,6-7,11H. The maximum absolute atomic E-state index is 12.3. The van der Waals surface area contributed by atoms with E-state index in [2.05, 4.69) is 5.10 Å². The van der Waals surface area contributed by atoms with Gasteiger partial charge in [0.2, 0.25) is 0 Å². The molecule has 0 bridgehead atoms. The molecule has 0 spiro atoms. The number of hydrogen-bond acceptors (Lipinski definition) is 2. The topological polar surface area (TPSA) is 41.6 Å². The van der Waals surface area contributed by atoms with Crippen molar-refractivity contribution < 1.29 is 8.78 Å². The Bertz CT molecular complexity index is 540. The Hall–Kier alpha value is -2.22. The van der Waals surface area contributed by atoms with E-state index in [-0.39, 0.29) is 0 Å². The molecule has 2 rings (SSSR count). The second-order valence-corrected chi connectivity index (χ2v) is 3.18. The highest BCUT2D eigenvalue weighted by atomic mass is 19.3. The number of aromatic nitrogens is 2. The molecular weight excluding hydrogens is 212 g/mol. The quantitative estimate of drug-likeness (QED) is 0.779. The van der Waals surface area contributed by atoms with Crippen molar-refractivity contribution in [1.29, 1.82) is 5.26 Å². The predicted molar refractivity (Wildman–Crippen MR) is 53.6 cm³/mol. The lowest BCUT2D eigenvalue weighted by Crippen LogP contribution is -1.96. The average molecular weight is 219 g/mol. The number of benzene rings is 1. The average Bonchev–Trinajstić information content (AvgIpc) is 2.78. The zero-order valence-corrected chi connectivity index (χ0v) is 8.14. The Labute approximate surface area is 90.5 Å². The zero-order chi connectivity index (χ0) is 11.5. The van der Waals surface area contributed by atoms with Gasteiger partial charge in [-0.05, 0) is 17.7 Å². The molecule has 80 valence electrons. The minimum Gasteiger partial charge on any atom is -0.211 e. The van der Waals surface area contributed by atoms with Crippen molar-refractivity contribution in [3.05, 3.63) is 42.2 Å². The Kier molecular flexibility index (Phi) is 2.64. The van der Waals surface area contributed by atoms with Gasteiger partial charge in [-0.1, -0.05) is 12.1 Å². The summed E-state index contributed by atoms with van der Waals surface area (Å²) in [5.41, 5.74) is 1.76. The van der Waals surface area contributed by atoms with Crippen LogP contribution in [0, 0.1) is 11.3 Å². The van der Waals surface area contributed by atoms with Crippen LogP contribution in [-0.2, 0) is 0 Å². The fourth-order valence-electron chi connectivity index (χ4n) is 1.36. The third-order valence-corrected chi connectivity index (χ3v) is 2.13. The van der Waals surface area contributed by atoms with E-state index in [1.165, 1.54) is 12.4 Å². The van der Waals surface area contributed by atoms with Crippen molar-refractivity contribution in [2.24, 2.45) is 0 Å². The van der Waals surface area contributed by atoms with E-state index < -0.39 is 6.55 Å². The molecule has 0 atom stereocenters. The highest BCUT2D eigenvalue weighted by Crippen LogP contribution is 2.21. The summed E-state index contributed by atoms with van der Waals surface area (Å²) in [6.07, 6.45) is 2.60. The van der Waals surface area contributed by atoms with Gasteiger partial charge in [0.1, 0.15) is 0 Å². The fraction of sp³-hybridized carbons (Fsp3) is 0.0909. The molecule has 0 fully saturated rings. The maximum atomic E-state index is 12.3. The van der Waals surface area contributed by atoms with Crippen molar-refractivity contribution >= 4 is 0 Å². The Morgan fingerprint density at radius 2 is 2.12 bits per heavy atom. The van der Waals surface area contributed by atoms with Crippen LogP contribution in [0.2, 0.25) is 0 Å². The van der Waals surface area contributed by atoms with E-state index in [1.807, 2.05) is 6.07 Å². The molecule has 0 unspecified atom stereocenters. The molecular formula is C11H7F2N3. The lowest BCUT2D eigenvalue weighted by molar-refractivity contribution is 0.0566. The number of rotatable bonds is 2. The second-order valence-electron chi connectivity index (χ2n) is 3.18. The van der Waals surface area contributed by atoms with Crippen LogP contribution in [0.4, 0.5) is 8.78 Å². The predicted octanol–water partition coefficient (Wildman–Crippen LogP) is 2.82. The number of nitriles is 1. The molecule has 0 saturated carbocycles. The van der Waals surface area contributed by atoms with E-state index >= 15 is 0 Å². The van der Waals surface area contributed by atoms with Gasteiger partial charge < -0.3 is 0 Å². The van der Waals surface area contributed by atoms with Gasteiger partial charge in [0.05, 0.1) is 17.8 Å². The van der Waals surface area contributed by atoms with Crippen molar-refractivity contribution in [3.63, 3.8) is 0 Å². The summed E-state index contributed by atoms with van der Waals surface area (Å²) in [5.74, 6) is 0. The van der Waals surface area contributed by atoms with Crippen LogP contribution in [0.3, 0.4) is 0 Å². The molecule has 1 aromatic carbocycles. The van der Waals surface area contributed by atoms with E-state index in [0.29, 0.717) is 21.4 Å². The largest absolute Gasteiger partial charge is 0.333 e. The van der Waals surface area contributed by atoms with Gasteiger partial charge in [-0.15, -0.1) is 0 Å². The first-order valence-corrected chi connectivity index (χ1v) is 4.53. The Balaban J connectivity index is 2.39. The molecule has 0 radical (unpaired) electrons. The van der Waals surface area contributed by atoms with E-state index in [9.17, 15) is 8.78 Å². The van der Waals surface area contributed by atoms with E-state index in [4.69, 9.17) is 5.26 Å². The van der Waals surface area contributed by atoms with Gasteiger partial charge in [-0.3, -0.25) is 0 Å². The van der Waals surface area contributed by atoms with Gasteiger partial charge >= 0.3 is 6.55 Å². The summed E-state index contributed by atoms with van der Waals surface area (Å²) >= 11 is 0. The summed E-state index contributed by atoms with van der Waals surface area (Å²) in [6, 6.07) is 8.72. The van der Waals surface area contributed by atoms with Gasteiger partial charge in [-0.25, -0.2) is 4.68 Å².